The molecule has 1 atom stereocenters. The van der Waals surface area contributed by atoms with Crippen LogP contribution in [0.1, 0.15) is 44.9 Å². The summed E-state index contributed by atoms with van der Waals surface area (Å²) in [4.78, 5) is 0. The first-order valence-corrected chi connectivity index (χ1v) is 10.0. The normalized spacial score (nSPS) is 13.2. The lowest BCUT2D eigenvalue weighted by atomic mass is 9.87. The average molecular weight is 432 g/mol. The molecule has 0 spiro atoms. The summed E-state index contributed by atoms with van der Waals surface area (Å²) in [6.07, 6.45) is -0.0402. The zero-order chi connectivity index (χ0) is 19.1. The molecule has 1 nitrogen and oxygen atoms in total. The van der Waals surface area contributed by atoms with Gasteiger partial charge in [-0.25, -0.2) is 0 Å². The molecule has 0 saturated carbocycles. The molecule has 26 heavy (non-hydrogen) atoms. The SMILES string of the molecule is Cc1c(C(C)OC(C)(C)C)c(-c2ccc(Cl)cc2)c2ccccc2c1Br. The van der Waals surface area contributed by atoms with E-state index >= 15 is 0 Å². The summed E-state index contributed by atoms with van der Waals surface area (Å²) >= 11 is 9.95. The van der Waals surface area contributed by atoms with Gasteiger partial charge in [0, 0.05) is 9.50 Å². The number of benzene rings is 3. The van der Waals surface area contributed by atoms with Crippen molar-refractivity contribution in [1.29, 1.82) is 0 Å². The van der Waals surface area contributed by atoms with Crippen LogP contribution in [0.25, 0.3) is 21.9 Å². The van der Waals surface area contributed by atoms with Crippen LogP contribution in [0.5, 0.6) is 0 Å². The molecule has 3 rings (SSSR count). The van der Waals surface area contributed by atoms with Gasteiger partial charge in [0.2, 0.25) is 0 Å². The van der Waals surface area contributed by atoms with Crippen LogP contribution < -0.4 is 0 Å². The Labute approximate surface area is 169 Å². The highest BCUT2D eigenvalue weighted by molar-refractivity contribution is 9.10. The van der Waals surface area contributed by atoms with Gasteiger partial charge in [-0.2, -0.15) is 0 Å². The van der Waals surface area contributed by atoms with Crippen LogP contribution in [-0.4, -0.2) is 5.60 Å². The number of halogens is 2. The van der Waals surface area contributed by atoms with Crippen molar-refractivity contribution in [3.63, 3.8) is 0 Å². The molecule has 0 radical (unpaired) electrons. The first-order valence-electron chi connectivity index (χ1n) is 8.83. The maximum absolute atomic E-state index is 6.35. The van der Waals surface area contributed by atoms with Crippen LogP contribution in [0.4, 0.5) is 0 Å². The van der Waals surface area contributed by atoms with E-state index < -0.39 is 0 Å². The minimum Gasteiger partial charge on any atom is -0.368 e. The van der Waals surface area contributed by atoms with E-state index in [1.165, 1.54) is 27.5 Å². The molecule has 136 valence electrons. The van der Waals surface area contributed by atoms with Gasteiger partial charge in [0.25, 0.3) is 0 Å². The van der Waals surface area contributed by atoms with E-state index in [1.54, 1.807) is 0 Å². The van der Waals surface area contributed by atoms with Crippen LogP contribution in [-0.2, 0) is 4.74 Å². The third-order valence-corrected chi connectivity index (χ3v) is 5.78. The van der Waals surface area contributed by atoms with Gasteiger partial charge in [0.15, 0.2) is 0 Å². The number of ether oxygens (including phenoxy) is 1. The molecule has 0 aromatic heterocycles. The molecule has 0 aliphatic heterocycles. The van der Waals surface area contributed by atoms with Crippen molar-refractivity contribution in [3.05, 3.63) is 69.2 Å². The molecule has 0 bridgehead atoms. The molecule has 3 aromatic rings. The highest BCUT2D eigenvalue weighted by Crippen LogP contribution is 2.44. The Hall–Kier alpha value is -1.35. The van der Waals surface area contributed by atoms with Gasteiger partial charge in [-0.15, -0.1) is 0 Å². The Morgan fingerprint density at radius 3 is 2.12 bits per heavy atom. The van der Waals surface area contributed by atoms with E-state index in [0.29, 0.717) is 0 Å². The molecule has 0 aliphatic rings. The van der Waals surface area contributed by atoms with E-state index in [4.69, 9.17) is 16.3 Å². The third kappa shape index (κ3) is 3.83. The molecule has 0 fully saturated rings. The van der Waals surface area contributed by atoms with Gasteiger partial charge in [-0.1, -0.05) is 48.0 Å². The quantitative estimate of drug-likeness (QED) is 0.407. The lowest BCUT2D eigenvalue weighted by Gasteiger charge is -2.29. The van der Waals surface area contributed by atoms with E-state index in [-0.39, 0.29) is 11.7 Å². The smallest absolute Gasteiger partial charge is 0.0813 e. The molecule has 0 aliphatic carbocycles. The van der Waals surface area contributed by atoms with Crippen LogP contribution in [0.3, 0.4) is 0 Å². The monoisotopic (exact) mass is 430 g/mol. The molecule has 0 amide bonds. The first kappa shape index (κ1) is 19.4. The van der Waals surface area contributed by atoms with Gasteiger partial charge < -0.3 is 4.74 Å². The van der Waals surface area contributed by atoms with Gasteiger partial charge in [-0.05, 0) is 95.7 Å². The summed E-state index contributed by atoms with van der Waals surface area (Å²) in [7, 11) is 0. The van der Waals surface area contributed by atoms with E-state index in [1.807, 2.05) is 12.1 Å². The molecule has 3 aromatic carbocycles. The largest absolute Gasteiger partial charge is 0.368 e. The molecule has 3 heteroatoms. The summed E-state index contributed by atoms with van der Waals surface area (Å²) < 4.78 is 7.48. The van der Waals surface area contributed by atoms with Crippen molar-refractivity contribution in [1.82, 2.24) is 0 Å². The van der Waals surface area contributed by atoms with Gasteiger partial charge in [0.1, 0.15) is 0 Å². The van der Waals surface area contributed by atoms with Crippen LogP contribution in [0.15, 0.2) is 53.0 Å². The fourth-order valence-electron chi connectivity index (χ4n) is 3.57. The van der Waals surface area contributed by atoms with E-state index in [9.17, 15) is 0 Å². The lowest BCUT2D eigenvalue weighted by molar-refractivity contribution is -0.0529. The second-order valence-corrected chi connectivity index (χ2v) is 8.88. The number of hydrogen-bond donors (Lipinski definition) is 0. The minimum absolute atomic E-state index is 0.0402. The Bertz CT molecular complexity index is 939. The van der Waals surface area contributed by atoms with Crippen molar-refractivity contribution in [3.8, 4) is 11.1 Å². The van der Waals surface area contributed by atoms with Gasteiger partial charge >= 0.3 is 0 Å². The fourth-order valence-corrected chi connectivity index (χ4v) is 4.26. The third-order valence-electron chi connectivity index (χ3n) is 4.51. The Morgan fingerprint density at radius 1 is 0.962 bits per heavy atom. The van der Waals surface area contributed by atoms with Crippen molar-refractivity contribution in [2.24, 2.45) is 0 Å². The maximum atomic E-state index is 6.35. The summed E-state index contributed by atoms with van der Waals surface area (Å²) in [6, 6.07) is 16.6. The molecular formula is C23H24BrClO. The molecule has 1 unspecified atom stereocenters. The molecule has 0 saturated heterocycles. The van der Waals surface area contributed by atoms with Crippen LogP contribution >= 0.6 is 27.5 Å². The highest BCUT2D eigenvalue weighted by atomic mass is 79.9. The van der Waals surface area contributed by atoms with Gasteiger partial charge in [-0.3, -0.25) is 0 Å². The number of rotatable bonds is 3. The number of fused-ring (bicyclic) bond motifs is 1. The van der Waals surface area contributed by atoms with Crippen LogP contribution in [0.2, 0.25) is 5.02 Å². The summed E-state index contributed by atoms with van der Waals surface area (Å²) in [5.74, 6) is 0. The van der Waals surface area contributed by atoms with Gasteiger partial charge in [0.05, 0.1) is 11.7 Å². The second kappa shape index (κ2) is 7.34. The molecular weight excluding hydrogens is 408 g/mol. The van der Waals surface area contributed by atoms with E-state index in [0.717, 1.165) is 15.1 Å². The highest BCUT2D eigenvalue weighted by Gasteiger charge is 2.24. The lowest BCUT2D eigenvalue weighted by Crippen LogP contribution is -2.22. The van der Waals surface area contributed by atoms with Crippen molar-refractivity contribution in [2.75, 3.05) is 0 Å². The molecule has 0 N–H and O–H groups in total. The van der Waals surface area contributed by atoms with Crippen molar-refractivity contribution < 1.29 is 4.74 Å². The molecule has 0 heterocycles. The Kier molecular flexibility index (Phi) is 5.48. The summed E-state index contributed by atoms with van der Waals surface area (Å²) in [5, 5.41) is 3.17. The summed E-state index contributed by atoms with van der Waals surface area (Å²) in [6.45, 7) is 10.6. The van der Waals surface area contributed by atoms with E-state index in [2.05, 4.69) is 86.9 Å². The predicted molar refractivity (Wildman–Crippen MR) is 116 cm³/mol. The minimum atomic E-state index is -0.221. The standard InChI is InChI=1S/C23H24BrClO/c1-14-20(15(2)26-23(3,4)5)21(16-10-12-17(25)13-11-16)18-8-6-7-9-19(18)22(14)24/h6-13,15H,1-5H3. The summed E-state index contributed by atoms with van der Waals surface area (Å²) in [5.41, 5.74) is 4.58. The van der Waals surface area contributed by atoms with Crippen LogP contribution in [0, 0.1) is 6.92 Å². The fraction of sp³-hybridized carbons (Fsp3) is 0.304. The zero-order valence-electron chi connectivity index (χ0n) is 15.9. The first-order chi connectivity index (χ1) is 12.2. The average Bonchev–Trinajstić information content (AvgIpc) is 2.57. The Balaban J connectivity index is 2.36. The Morgan fingerprint density at radius 2 is 1.54 bits per heavy atom. The topological polar surface area (TPSA) is 9.23 Å². The zero-order valence-corrected chi connectivity index (χ0v) is 18.2. The second-order valence-electron chi connectivity index (χ2n) is 7.65. The predicted octanol–water partition coefficient (Wildman–Crippen LogP) is 8.11. The maximum Gasteiger partial charge on any atom is 0.0813 e. The van der Waals surface area contributed by atoms with Crippen molar-refractivity contribution >= 4 is 38.3 Å². The van der Waals surface area contributed by atoms with Crippen molar-refractivity contribution in [2.45, 2.75) is 46.3 Å². The number of hydrogen-bond acceptors (Lipinski definition) is 1.